The van der Waals surface area contributed by atoms with Crippen molar-refractivity contribution >= 4 is 17.5 Å². The zero-order chi connectivity index (χ0) is 17.8. The lowest BCUT2D eigenvalue weighted by molar-refractivity contribution is 0.0774. The van der Waals surface area contributed by atoms with Gasteiger partial charge in [0.15, 0.2) is 5.69 Å². The first-order valence-electron chi connectivity index (χ1n) is 7.97. The van der Waals surface area contributed by atoms with E-state index in [1.807, 2.05) is 42.0 Å². The third kappa shape index (κ3) is 3.88. The van der Waals surface area contributed by atoms with Crippen molar-refractivity contribution in [2.75, 3.05) is 7.05 Å². The number of nitrogens with zero attached hydrogens (tertiary/aromatic N) is 6. The van der Waals surface area contributed by atoms with Crippen LogP contribution in [-0.4, -0.2) is 42.4 Å². The second-order valence-electron chi connectivity index (χ2n) is 5.68. The van der Waals surface area contributed by atoms with Gasteiger partial charge in [-0.25, -0.2) is 9.67 Å². The summed E-state index contributed by atoms with van der Waals surface area (Å²) in [6, 6.07) is 7.52. The van der Waals surface area contributed by atoms with E-state index >= 15 is 0 Å². The van der Waals surface area contributed by atoms with Gasteiger partial charge in [-0.15, -0.1) is 5.10 Å². The van der Waals surface area contributed by atoms with Crippen LogP contribution in [0.4, 0.5) is 0 Å². The second-order valence-corrected chi connectivity index (χ2v) is 6.09. The Kier molecular flexibility index (Phi) is 5.14. The number of benzene rings is 1. The molecule has 7 nitrogen and oxygen atoms in total. The van der Waals surface area contributed by atoms with E-state index in [2.05, 4.69) is 15.3 Å². The van der Waals surface area contributed by atoms with E-state index in [0.29, 0.717) is 23.8 Å². The maximum atomic E-state index is 12.6. The fourth-order valence-corrected chi connectivity index (χ4v) is 2.73. The van der Waals surface area contributed by atoms with Crippen LogP contribution in [0.25, 0.3) is 0 Å². The predicted octanol–water partition coefficient (Wildman–Crippen LogP) is 2.47. The highest BCUT2D eigenvalue weighted by Crippen LogP contribution is 2.16. The molecule has 25 heavy (non-hydrogen) atoms. The molecule has 0 bridgehead atoms. The Morgan fingerprint density at radius 2 is 2.12 bits per heavy atom. The van der Waals surface area contributed by atoms with Crippen molar-refractivity contribution in [2.24, 2.45) is 0 Å². The highest BCUT2D eigenvalue weighted by molar-refractivity contribution is 6.31. The molecule has 2 heterocycles. The Hall–Kier alpha value is -2.67. The van der Waals surface area contributed by atoms with Crippen LogP contribution in [0.5, 0.6) is 0 Å². The first-order valence-corrected chi connectivity index (χ1v) is 8.35. The van der Waals surface area contributed by atoms with E-state index in [9.17, 15) is 4.79 Å². The lowest BCUT2D eigenvalue weighted by atomic mass is 10.2. The van der Waals surface area contributed by atoms with E-state index in [1.54, 1.807) is 29.0 Å². The minimum Gasteiger partial charge on any atom is -0.334 e. The molecule has 0 atom stereocenters. The standard InChI is InChI=1S/C17H19ClN6O/c1-3-23-9-8-19-16(23)12-22(2)17(25)15-11-24(21-20-15)10-13-6-4-5-7-14(13)18/h4-9,11H,3,10,12H2,1-2H3. The molecule has 0 saturated carbocycles. The predicted molar refractivity (Wildman–Crippen MR) is 94.3 cm³/mol. The summed E-state index contributed by atoms with van der Waals surface area (Å²) < 4.78 is 3.60. The largest absolute Gasteiger partial charge is 0.334 e. The molecule has 0 fully saturated rings. The fourth-order valence-electron chi connectivity index (χ4n) is 2.53. The zero-order valence-electron chi connectivity index (χ0n) is 14.1. The molecule has 0 unspecified atom stereocenters. The van der Waals surface area contributed by atoms with Crippen LogP contribution in [0.15, 0.2) is 42.9 Å². The Labute approximate surface area is 150 Å². The molecule has 130 valence electrons. The molecule has 3 aromatic rings. The minimum absolute atomic E-state index is 0.198. The van der Waals surface area contributed by atoms with E-state index < -0.39 is 0 Å². The van der Waals surface area contributed by atoms with Crippen LogP contribution >= 0.6 is 11.6 Å². The normalized spacial score (nSPS) is 10.8. The fraction of sp³-hybridized carbons (Fsp3) is 0.294. The summed E-state index contributed by atoms with van der Waals surface area (Å²) in [5.74, 6) is 0.637. The van der Waals surface area contributed by atoms with Crippen LogP contribution in [-0.2, 0) is 19.6 Å². The number of aryl methyl sites for hydroxylation is 1. The monoisotopic (exact) mass is 358 g/mol. The van der Waals surface area contributed by atoms with Crippen LogP contribution in [0.2, 0.25) is 5.02 Å². The van der Waals surface area contributed by atoms with Crippen molar-refractivity contribution in [3.63, 3.8) is 0 Å². The van der Waals surface area contributed by atoms with Gasteiger partial charge in [-0.1, -0.05) is 35.0 Å². The summed E-state index contributed by atoms with van der Waals surface area (Å²) in [5.41, 5.74) is 1.22. The number of carbonyl (C=O) groups excluding carboxylic acids is 1. The summed E-state index contributed by atoms with van der Waals surface area (Å²) >= 11 is 6.16. The minimum atomic E-state index is -0.198. The molecular formula is C17H19ClN6O. The lowest BCUT2D eigenvalue weighted by Gasteiger charge is -2.15. The molecule has 0 N–H and O–H groups in total. The number of carbonyl (C=O) groups is 1. The number of amides is 1. The zero-order valence-corrected chi connectivity index (χ0v) is 14.9. The Morgan fingerprint density at radius 3 is 2.88 bits per heavy atom. The van der Waals surface area contributed by atoms with Crippen LogP contribution < -0.4 is 0 Å². The molecule has 8 heteroatoms. The summed E-state index contributed by atoms with van der Waals surface area (Å²) in [6.45, 7) is 3.72. The van der Waals surface area contributed by atoms with Gasteiger partial charge in [0.25, 0.3) is 5.91 Å². The molecular weight excluding hydrogens is 340 g/mol. The van der Waals surface area contributed by atoms with Crippen molar-refractivity contribution in [1.29, 1.82) is 0 Å². The van der Waals surface area contributed by atoms with Gasteiger partial charge in [-0.05, 0) is 18.6 Å². The number of hydrogen-bond acceptors (Lipinski definition) is 4. The molecule has 0 spiro atoms. The molecule has 1 aromatic carbocycles. The molecule has 1 amide bonds. The number of aromatic nitrogens is 5. The van der Waals surface area contributed by atoms with Gasteiger partial charge in [0, 0.05) is 31.0 Å². The molecule has 0 aliphatic heterocycles. The molecule has 0 aliphatic carbocycles. The molecule has 3 rings (SSSR count). The van der Waals surface area contributed by atoms with Gasteiger partial charge >= 0.3 is 0 Å². The van der Waals surface area contributed by atoms with Crippen LogP contribution in [0.3, 0.4) is 0 Å². The molecule has 0 radical (unpaired) electrons. The van der Waals surface area contributed by atoms with Crippen LogP contribution in [0, 0.1) is 0 Å². The van der Waals surface area contributed by atoms with E-state index in [4.69, 9.17) is 11.6 Å². The van der Waals surface area contributed by atoms with Crippen molar-refractivity contribution < 1.29 is 4.79 Å². The van der Waals surface area contributed by atoms with Gasteiger partial charge in [-0.3, -0.25) is 4.79 Å². The number of rotatable bonds is 6. The number of halogens is 1. The summed E-state index contributed by atoms with van der Waals surface area (Å²) in [6.07, 6.45) is 5.26. The Balaban J connectivity index is 1.69. The lowest BCUT2D eigenvalue weighted by Crippen LogP contribution is -2.28. The molecule has 0 aliphatic rings. The summed E-state index contributed by atoms with van der Waals surface area (Å²) in [4.78, 5) is 18.4. The van der Waals surface area contributed by atoms with Crippen molar-refractivity contribution in [3.05, 3.63) is 65.0 Å². The summed E-state index contributed by atoms with van der Waals surface area (Å²) in [5, 5.41) is 8.67. The highest BCUT2D eigenvalue weighted by atomic mass is 35.5. The van der Waals surface area contributed by atoms with Gasteiger partial charge < -0.3 is 9.47 Å². The van der Waals surface area contributed by atoms with Crippen molar-refractivity contribution in [3.8, 4) is 0 Å². The van der Waals surface area contributed by atoms with Gasteiger partial charge in [0.1, 0.15) is 5.82 Å². The SMILES string of the molecule is CCn1ccnc1CN(C)C(=O)c1cn(Cc2ccccc2Cl)nn1. The van der Waals surface area contributed by atoms with E-state index in [0.717, 1.165) is 17.9 Å². The van der Waals surface area contributed by atoms with Crippen molar-refractivity contribution in [1.82, 2.24) is 29.4 Å². The highest BCUT2D eigenvalue weighted by Gasteiger charge is 2.18. The quantitative estimate of drug-likeness (QED) is 0.678. The topological polar surface area (TPSA) is 68.8 Å². The average molecular weight is 359 g/mol. The number of imidazole rings is 1. The van der Waals surface area contributed by atoms with Gasteiger partial charge in [-0.2, -0.15) is 0 Å². The van der Waals surface area contributed by atoms with E-state index in [1.165, 1.54) is 0 Å². The van der Waals surface area contributed by atoms with Crippen molar-refractivity contribution in [2.45, 2.75) is 26.6 Å². The second kappa shape index (κ2) is 7.48. The third-order valence-corrected chi connectivity index (χ3v) is 4.28. The molecule has 0 saturated heterocycles. The maximum absolute atomic E-state index is 12.6. The van der Waals surface area contributed by atoms with E-state index in [-0.39, 0.29) is 5.91 Å². The van der Waals surface area contributed by atoms with Crippen LogP contribution in [0.1, 0.15) is 28.8 Å². The number of hydrogen-bond donors (Lipinski definition) is 0. The average Bonchev–Trinajstić information content (AvgIpc) is 3.25. The Bertz CT molecular complexity index is 871. The molecule has 2 aromatic heterocycles. The first-order chi connectivity index (χ1) is 12.1. The first kappa shape index (κ1) is 17.2. The third-order valence-electron chi connectivity index (χ3n) is 3.92. The van der Waals surface area contributed by atoms with Gasteiger partial charge in [0.05, 0.1) is 19.3 Å². The maximum Gasteiger partial charge on any atom is 0.276 e. The summed E-state index contributed by atoms with van der Waals surface area (Å²) in [7, 11) is 1.73. The Morgan fingerprint density at radius 1 is 1.32 bits per heavy atom. The smallest absolute Gasteiger partial charge is 0.276 e. The van der Waals surface area contributed by atoms with Gasteiger partial charge in [0.2, 0.25) is 0 Å².